The van der Waals surface area contributed by atoms with E-state index in [1.807, 2.05) is 42.6 Å². The number of amides is 1. The Hall–Kier alpha value is -2.44. The summed E-state index contributed by atoms with van der Waals surface area (Å²) in [4.78, 5) is 15.7. The van der Waals surface area contributed by atoms with E-state index in [2.05, 4.69) is 34.5 Å². The highest BCUT2D eigenvalue weighted by Crippen LogP contribution is 2.32. The largest absolute Gasteiger partial charge is 0.284 e. The average Bonchev–Trinajstić information content (AvgIpc) is 3.31. The SMILES string of the molecule is CC[C@@H]1S/C(=N/N=C\c2cccs2)N(Cc2cccc3ccccc23)C1=O. The lowest BCUT2D eigenvalue weighted by Gasteiger charge is -2.17. The number of benzene rings is 2. The van der Waals surface area contributed by atoms with Crippen LogP contribution >= 0.6 is 23.1 Å². The lowest BCUT2D eigenvalue weighted by molar-refractivity contribution is -0.126. The fourth-order valence-corrected chi connectivity index (χ4v) is 4.70. The maximum absolute atomic E-state index is 12.9. The van der Waals surface area contributed by atoms with Crippen LogP contribution in [0.25, 0.3) is 10.8 Å². The molecule has 27 heavy (non-hydrogen) atoms. The van der Waals surface area contributed by atoms with E-state index in [9.17, 15) is 4.79 Å². The number of hydrogen-bond acceptors (Lipinski definition) is 5. The zero-order chi connectivity index (χ0) is 18.6. The fourth-order valence-electron chi connectivity index (χ4n) is 3.09. The highest BCUT2D eigenvalue weighted by molar-refractivity contribution is 8.15. The first-order chi connectivity index (χ1) is 13.3. The third kappa shape index (κ3) is 3.82. The van der Waals surface area contributed by atoms with Crippen LogP contribution in [-0.4, -0.2) is 27.4 Å². The molecule has 1 fully saturated rings. The number of rotatable bonds is 5. The molecule has 0 radical (unpaired) electrons. The Morgan fingerprint density at radius 2 is 1.96 bits per heavy atom. The van der Waals surface area contributed by atoms with E-state index in [0.717, 1.165) is 16.9 Å². The summed E-state index contributed by atoms with van der Waals surface area (Å²) < 4.78 is 0. The van der Waals surface area contributed by atoms with Gasteiger partial charge in [0.05, 0.1) is 18.0 Å². The minimum Gasteiger partial charge on any atom is -0.284 e. The molecule has 2 heterocycles. The van der Waals surface area contributed by atoms with Crippen LogP contribution in [0.4, 0.5) is 0 Å². The van der Waals surface area contributed by atoms with E-state index in [1.54, 1.807) is 22.5 Å². The van der Waals surface area contributed by atoms with Crippen LogP contribution in [0.2, 0.25) is 0 Å². The van der Waals surface area contributed by atoms with Gasteiger partial charge in [0.2, 0.25) is 5.91 Å². The Morgan fingerprint density at radius 1 is 1.11 bits per heavy atom. The summed E-state index contributed by atoms with van der Waals surface area (Å²) in [5.74, 6) is 0.112. The first-order valence-electron chi connectivity index (χ1n) is 8.85. The molecule has 1 atom stereocenters. The third-order valence-electron chi connectivity index (χ3n) is 4.47. The van der Waals surface area contributed by atoms with E-state index in [1.165, 1.54) is 22.5 Å². The minimum absolute atomic E-state index is 0.0873. The van der Waals surface area contributed by atoms with Gasteiger partial charge >= 0.3 is 0 Å². The predicted octanol–water partition coefficient (Wildman–Crippen LogP) is 5.15. The van der Waals surface area contributed by atoms with Crippen LogP contribution in [0.1, 0.15) is 23.8 Å². The maximum Gasteiger partial charge on any atom is 0.242 e. The second-order valence-electron chi connectivity index (χ2n) is 6.22. The van der Waals surface area contributed by atoms with Crippen molar-refractivity contribution in [2.75, 3.05) is 0 Å². The van der Waals surface area contributed by atoms with Crippen molar-refractivity contribution >= 4 is 51.2 Å². The topological polar surface area (TPSA) is 45.0 Å². The van der Waals surface area contributed by atoms with E-state index in [0.29, 0.717) is 11.7 Å². The van der Waals surface area contributed by atoms with E-state index in [-0.39, 0.29) is 11.2 Å². The third-order valence-corrected chi connectivity index (χ3v) is 6.61. The standard InChI is InChI=1S/C21H19N3OS2/c1-2-19-20(25)24(21(27-19)23-22-13-17-10-6-12-26-17)14-16-9-5-8-15-7-3-4-11-18(15)16/h3-13,19H,2,14H2,1H3/b22-13-,23-21+/t19-/m0/s1. The number of nitrogens with zero attached hydrogens (tertiary/aromatic N) is 3. The van der Waals surface area contributed by atoms with Crippen molar-refractivity contribution in [2.24, 2.45) is 10.2 Å². The molecule has 1 amide bonds. The summed E-state index contributed by atoms with van der Waals surface area (Å²) in [5.41, 5.74) is 1.12. The summed E-state index contributed by atoms with van der Waals surface area (Å²) in [7, 11) is 0. The van der Waals surface area contributed by atoms with Gasteiger partial charge in [0.15, 0.2) is 5.17 Å². The molecule has 1 aromatic heterocycles. The molecule has 0 saturated carbocycles. The lowest BCUT2D eigenvalue weighted by Crippen LogP contribution is -2.31. The molecule has 1 aliphatic rings. The number of amidine groups is 1. The van der Waals surface area contributed by atoms with Gasteiger partial charge in [-0.3, -0.25) is 9.69 Å². The molecule has 4 nitrogen and oxygen atoms in total. The molecule has 1 saturated heterocycles. The van der Waals surface area contributed by atoms with Crippen molar-refractivity contribution < 1.29 is 4.79 Å². The van der Waals surface area contributed by atoms with Gasteiger partial charge in [0, 0.05) is 4.88 Å². The van der Waals surface area contributed by atoms with Gasteiger partial charge in [-0.15, -0.1) is 16.4 Å². The Bertz CT molecular complexity index is 1010. The van der Waals surface area contributed by atoms with Crippen molar-refractivity contribution in [3.8, 4) is 0 Å². The van der Waals surface area contributed by atoms with Crippen LogP contribution in [0.5, 0.6) is 0 Å². The number of carbonyl (C=O) groups is 1. The molecule has 0 spiro atoms. The normalized spacial score (nSPS) is 19.0. The summed E-state index contributed by atoms with van der Waals surface area (Å²) in [6, 6.07) is 18.4. The highest BCUT2D eigenvalue weighted by Gasteiger charge is 2.37. The Kier molecular flexibility index (Phi) is 5.36. The van der Waals surface area contributed by atoms with Gasteiger partial charge in [-0.25, -0.2) is 0 Å². The second-order valence-corrected chi connectivity index (χ2v) is 8.37. The van der Waals surface area contributed by atoms with Crippen molar-refractivity contribution in [1.82, 2.24) is 4.90 Å². The first-order valence-corrected chi connectivity index (χ1v) is 10.6. The van der Waals surface area contributed by atoms with Crippen molar-refractivity contribution in [3.63, 3.8) is 0 Å². The molecule has 0 unspecified atom stereocenters. The van der Waals surface area contributed by atoms with Crippen LogP contribution in [0.15, 0.2) is 70.2 Å². The molecule has 0 N–H and O–H groups in total. The van der Waals surface area contributed by atoms with Gasteiger partial charge in [-0.1, -0.05) is 67.2 Å². The van der Waals surface area contributed by atoms with E-state index >= 15 is 0 Å². The molecule has 136 valence electrons. The zero-order valence-corrected chi connectivity index (χ0v) is 16.5. The summed E-state index contributed by atoms with van der Waals surface area (Å²) >= 11 is 3.11. The lowest BCUT2D eigenvalue weighted by atomic mass is 10.0. The fraction of sp³-hybridized carbons (Fsp3) is 0.190. The van der Waals surface area contributed by atoms with Crippen LogP contribution in [0, 0.1) is 0 Å². The molecule has 4 rings (SSSR count). The average molecular weight is 394 g/mol. The van der Waals surface area contributed by atoms with Gasteiger partial charge in [0.25, 0.3) is 0 Å². The number of thioether (sulfide) groups is 1. The van der Waals surface area contributed by atoms with E-state index in [4.69, 9.17) is 0 Å². The Morgan fingerprint density at radius 3 is 2.78 bits per heavy atom. The summed E-state index contributed by atoms with van der Waals surface area (Å²) in [6.07, 6.45) is 2.52. The molecular weight excluding hydrogens is 374 g/mol. The van der Waals surface area contributed by atoms with Crippen molar-refractivity contribution in [2.45, 2.75) is 25.1 Å². The predicted molar refractivity (Wildman–Crippen MR) is 116 cm³/mol. The molecule has 0 aliphatic carbocycles. The quantitative estimate of drug-likeness (QED) is 0.445. The first kappa shape index (κ1) is 17.9. The maximum atomic E-state index is 12.9. The second kappa shape index (κ2) is 8.06. The molecule has 3 aromatic rings. The highest BCUT2D eigenvalue weighted by atomic mass is 32.2. The van der Waals surface area contributed by atoms with Crippen LogP contribution in [0.3, 0.4) is 0 Å². The van der Waals surface area contributed by atoms with Crippen molar-refractivity contribution in [1.29, 1.82) is 0 Å². The van der Waals surface area contributed by atoms with Gasteiger partial charge in [0.1, 0.15) is 0 Å². The van der Waals surface area contributed by atoms with Gasteiger partial charge in [-0.2, -0.15) is 5.10 Å². The summed E-state index contributed by atoms with van der Waals surface area (Å²) in [5, 5.41) is 13.5. The number of hydrogen-bond donors (Lipinski definition) is 0. The number of carbonyl (C=O) groups excluding carboxylic acids is 1. The smallest absolute Gasteiger partial charge is 0.242 e. The van der Waals surface area contributed by atoms with Crippen LogP contribution in [-0.2, 0) is 11.3 Å². The zero-order valence-electron chi connectivity index (χ0n) is 14.9. The van der Waals surface area contributed by atoms with E-state index < -0.39 is 0 Å². The summed E-state index contributed by atoms with van der Waals surface area (Å²) in [6.45, 7) is 2.54. The number of fused-ring (bicyclic) bond motifs is 1. The molecule has 0 bridgehead atoms. The molecule has 1 aliphatic heterocycles. The molecule has 2 aromatic carbocycles. The van der Waals surface area contributed by atoms with Crippen molar-refractivity contribution in [3.05, 3.63) is 70.4 Å². The molecule has 6 heteroatoms. The van der Waals surface area contributed by atoms with Gasteiger partial charge < -0.3 is 0 Å². The minimum atomic E-state index is -0.0873. The van der Waals surface area contributed by atoms with Gasteiger partial charge in [-0.05, 0) is 34.2 Å². The Balaban J connectivity index is 1.64. The van der Waals surface area contributed by atoms with Crippen LogP contribution < -0.4 is 0 Å². The number of thiophene rings is 1. The Labute approximate surface area is 166 Å². The monoisotopic (exact) mass is 393 g/mol. The molecular formula is C21H19N3OS2.